The van der Waals surface area contributed by atoms with Crippen molar-refractivity contribution in [2.75, 3.05) is 0 Å². The fourth-order valence-corrected chi connectivity index (χ4v) is 1.35. The second kappa shape index (κ2) is 4.23. The number of hydrogen-bond acceptors (Lipinski definition) is 4. The highest BCUT2D eigenvalue weighted by atomic mass is 16.4. The molecule has 1 atom stereocenters. The summed E-state index contributed by atoms with van der Waals surface area (Å²) in [5.74, 6) is 1.44. The van der Waals surface area contributed by atoms with Gasteiger partial charge in [-0.15, -0.1) is 0 Å². The third kappa shape index (κ3) is 2.41. The number of oxazole rings is 1. The van der Waals surface area contributed by atoms with Gasteiger partial charge in [-0.25, -0.2) is 4.98 Å². The summed E-state index contributed by atoms with van der Waals surface area (Å²) in [5.41, 5.74) is 6.61. The first kappa shape index (κ1) is 9.86. The normalized spacial score (nSPS) is 12.7. The summed E-state index contributed by atoms with van der Waals surface area (Å²) < 4.78 is 5.56. The molecule has 0 aliphatic carbocycles. The van der Waals surface area contributed by atoms with Gasteiger partial charge in [-0.1, -0.05) is 0 Å². The van der Waals surface area contributed by atoms with Crippen molar-refractivity contribution in [3.63, 3.8) is 0 Å². The summed E-state index contributed by atoms with van der Waals surface area (Å²) in [6.07, 6.45) is 5.85. The molecule has 2 aromatic rings. The minimum atomic E-state index is 0.0863. The highest BCUT2D eigenvalue weighted by Gasteiger charge is 2.07. The quantitative estimate of drug-likeness (QED) is 0.823. The van der Waals surface area contributed by atoms with Gasteiger partial charge in [0.2, 0.25) is 5.89 Å². The number of aromatic nitrogens is 2. The van der Waals surface area contributed by atoms with E-state index in [4.69, 9.17) is 10.2 Å². The molecular weight excluding hydrogens is 190 g/mol. The van der Waals surface area contributed by atoms with E-state index < -0.39 is 0 Å². The van der Waals surface area contributed by atoms with E-state index in [1.165, 1.54) is 0 Å². The summed E-state index contributed by atoms with van der Waals surface area (Å²) in [4.78, 5) is 8.13. The van der Waals surface area contributed by atoms with Crippen molar-refractivity contribution >= 4 is 0 Å². The Morgan fingerprint density at radius 1 is 1.40 bits per heavy atom. The molecule has 2 N–H and O–H groups in total. The molecule has 0 aliphatic heterocycles. The van der Waals surface area contributed by atoms with E-state index in [1.807, 2.05) is 19.1 Å². The Balaban J connectivity index is 2.21. The highest BCUT2D eigenvalue weighted by molar-refractivity contribution is 5.51. The molecule has 0 saturated heterocycles. The van der Waals surface area contributed by atoms with Crippen LogP contribution < -0.4 is 5.73 Å². The lowest BCUT2D eigenvalue weighted by Crippen LogP contribution is -2.17. The zero-order valence-electron chi connectivity index (χ0n) is 8.55. The van der Waals surface area contributed by atoms with Gasteiger partial charge < -0.3 is 10.2 Å². The van der Waals surface area contributed by atoms with E-state index in [2.05, 4.69) is 9.97 Å². The molecule has 0 aromatic carbocycles. The maximum absolute atomic E-state index is 5.67. The molecule has 0 fully saturated rings. The summed E-state index contributed by atoms with van der Waals surface area (Å²) >= 11 is 0. The maximum Gasteiger partial charge on any atom is 0.226 e. The molecular formula is C11H13N3O. The maximum atomic E-state index is 5.67. The van der Waals surface area contributed by atoms with Crippen LogP contribution in [0.15, 0.2) is 35.1 Å². The van der Waals surface area contributed by atoms with Crippen LogP contribution in [0.3, 0.4) is 0 Å². The van der Waals surface area contributed by atoms with Gasteiger partial charge in [0.1, 0.15) is 5.76 Å². The Morgan fingerprint density at radius 2 is 2.13 bits per heavy atom. The second-order valence-electron chi connectivity index (χ2n) is 3.55. The molecule has 15 heavy (non-hydrogen) atoms. The van der Waals surface area contributed by atoms with Crippen LogP contribution in [0.4, 0.5) is 0 Å². The lowest BCUT2D eigenvalue weighted by atomic mass is 10.2. The highest BCUT2D eigenvalue weighted by Crippen LogP contribution is 2.18. The number of pyridine rings is 1. The standard InChI is InChI=1S/C11H13N3O/c1-8(12)6-10-7-14-11(15-10)9-2-4-13-5-3-9/h2-5,7-8H,6,12H2,1H3. The van der Waals surface area contributed by atoms with E-state index in [0.717, 1.165) is 11.3 Å². The zero-order valence-corrected chi connectivity index (χ0v) is 8.55. The molecule has 0 spiro atoms. The number of hydrogen-bond donors (Lipinski definition) is 1. The third-order valence-corrected chi connectivity index (χ3v) is 2.00. The largest absolute Gasteiger partial charge is 0.441 e. The SMILES string of the molecule is CC(N)Cc1cnc(-c2ccncc2)o1. The first-order valence-corrected chi connectivity index (χ1v) is 4.86. The molecule has 0 amide bonds. The third-order valence-electron chi connectivity index (χ3n) is 2.00. The summed E-state index contributed by atoms with van der Waals surface area (Å²) in [5, 5.41) is 0. The van der Waals surface area contributed by atoms with E-state index in [-0.39, 0.29) is 6.04 Å². The minimum Gasteiger partial charge on any atom is -0.441 e. The average molecular weight is 203 g/mol. The van der Waals surface area contributed by atoms with Crippen LogP contribution in [0.25, 0.3) is 11.5 Å². The Labute approximate surface area is 88.2 Å². The summed E-state index contributed by atoms with van der Waals surface area (Å²) in [7, 11) is 0. The second-order valence-corrected chi connectivity index (χ2v) is 3.55. The number of nitrogens with zero attached hydrogens (tertiary/aromatic N) is 2. The van der Waals surface area contributed by atoms with Gasteiger partial charge in [0.15, 0.2) is 0 Å². The number of rotatable bonds is 3. The molecule has 0 saturated carbocycles. The van der Waals surface area contributed by atoms with Crippen molar-refractivity contribution in [2.24, 2.45) is 5.73 Å². The minimum absolute atomic E-state index is 0.0863. The fourth-order valence-electron chi connectivity index (χ4n) is 1.35. The molecule has 2 rings (SSSR count). The van der Waals surface area contributed by atoms with E-state index >= 15 is 0 Å². The molecule has 78 valence electrons. The van der Waals surface area contributed by atoms with Crippen LogP contribution in [-0.4, -0.2) is 16.0 Å². The van der Waals surface area contributed by atoms with Gasteiger partial charge in [0.25, 0.3) is 0 Å². The van der Waals surface area contributed by atoms with Crippen molar-refractivity contribution in [1.29, 1.82) is 0 Å². The van der Waals surface area contributed by atoms with E-state index in [9.17, 15) is 0 Å². The van der Waals surface area contributed by atoms with Crippen molar-refractivity contribution in [2.45, 2.75) is 19.4 Å². The Hall–Kier alpha value is -1.68. The van der Waals surface area contributed by atoms with Crippen molar-refractivity contribution in [3.8, 4) is 11.5 Å². The van der Waals surface area contributed by atoms with Crippen LogP contribution in [0, 0.1) is 0 Å². The van der Waals surface area contributed by atoms with Crippen molar-refractivity contribution in [1.82, 2.24) is 9.97 Å². The van der Waals surface area contributed by atoms with Gasteiger partial charge in [-0.05, 0) is 19.1 Å². The molecule has 0 radical (unpaired) electrons. The van der Waals surface area contributed by atoms with E-state index in [0.29, 0.717) is 12.3 Å². The Bertz CT molecular complexity index is 422. The Morgan fingerprint density at radius 3 is 2.80 bits per heavy atom. The smallest absolute Gasteiger partial charge is 0.226 e. The predicted molar refractivity (Wildman–Crippen MR) is 57.1 cm³/mol. The van der Waals surface area contributed by atoms with Gasteiger partial charge in [-0.3, -0.25) is 4.98 Å². The van der Waals surface area contributed by atoms with Gasteiger partial charge in [0, 0.05) is 30.4 Å². The number of nitrogens with two attached hydrogens (primary N) is 1. The topological polar surface area (TPSA) is 64.9 Å². The van der Waals surface area contributed by atoms with E-state index in [1.54, 1.807) is 18.6 Å². The van der Waals surface area contributed by atoms with Gasteiger partial charge in [-0.2, -0.15) is 0 Å². The van der Waals surface area contributed by atoms with Crippen molar-refractivity contribution < 1.29 is 4.42 Å². The van der Waals surface area contributed by atoms with Crippen LogP contribution in [0.1, 0.15) is 12.7 Å². The first-order valence-electron chi connectivity index (χ1n) is 4.86. The fraction of sp³-hybridized carbons (Fsp3) is 0.273. The average Bonchev–Trinajstić information content (AvgIpc) is 2.67. The van der Waals surface area contributed by atoms with Crippen molar-refractivity contribution in [3.05, 3.63) is 36.5 Å². The summed E-state index contributed by atoms with van der Waals surface area (Å²) in [6, 6.07) is 3.81. The lowest BCUT2D eigenvalue weighted by molar-refractivity contribution is 0.500. The summed E-state index contributed by atoms with van der Waals surface area (Å²) in [6.45, 7) is 1.94. The molecule has 2 heterocycles. The molecule has 4 nitrogen and oxygen atoms in total. The molecule has 1 unspecified atom stereocenters. The molecule has 2 aromatic heterocycles. The van der Waals surface area contributed by atoms with Gasteiger partial charge in [0.05, 0.1) is 6.20 Å². The monoisotopic (exact) mass is 203 g/mol. The predicted octanol–water partition coefficient (Wildman–Crippen LogP) is 1.63. The van der Waals surface area contributed by atoms with Crippen LogP contribution in [-0.2, 0) is 6.42 Å². The van der Waals surface area contributed by atoms with Crippen LogP contribution >= 0.6 is 0 Å². The zero-order chi connectivity index (χ0) is 10.7. The first-order chi connectivity index (χ1) is 7.25. The van der Waals surface area contributed by atoms with Crippen LogP contribution in [0.5, 0.6) is 0 Å². The molecule has 0 bridgehead atoms. The van der Waals surface area contributed by atoms with Gasteiger partial charge >= 0.3 is 0 Å². The molecule has 0 aliphatic rings. The lowest BCUT2D eigenvalue weighted by Gasteiger charge is -1.99. The van der Waals surface area contributed by atoms with Crippen LogP contribution in [0.2, 0.25) is 0 Å². The Kier molecular flexibility index (Phi) is 2.78. The molecule has 4 heteroatoms.